The molecule has 0 amide bonds. The lowest BCUT2D eigenvalue weighted by Gasteiger charge is -2.26. The molecule has 0 spiro atoms. The summed E-state index contributed by atoms with van der Waals surface area (Å²) in [5.74, 6) is -0.734. The quantitative estimate of drug-likeness (QED) is 0.890. The van der Waals surface area contributed by atoms with Gasteiger partial charge in [0.15, 0.2) is 0 Å². The van der Waals surface area contributed by atoms with E-state index in [9.17, 15) is 4.79 Å². The normalized spacial score (nSPS) is 15.2. The molecule has 0 bridgehead atoms. The van der Waals surface area contributed by atoms with Crippen LogP contribution in [0.5, 0.6) is 0 Å². The average molecular weight is 248 g/mol. The zero-order valence-electron chi connectivity index (χ0n) is 11.0. The molecule has 98 valence electrons. The largest absolute Gasteiger partial charge is 0.481 e. The summed E-state index contributed by atoms with van der Waals surface area (Å²) >= 11 is 0. The molecule has 2 rings (SSSR count). The van der Waals surface area contributed by atoms with Crippen LogP contribution in [0.1, 0.15) is 18.4 Å². The van der Waals surface area contributed by atoms with Gasteiger partial charge in [0.1, 0.15) is 0 Å². The Labute approximate surface area is 108 Å². The minimum atomic E-state index is -0.734. The number of fused-ring (bicyclic) bond motifs is 1. The fourth-order valence-electron chi connectivity index (χ4n) is 2.59. The van der Waals surface area contributed by atoms with E-state index in [1.807, 2.05) is 6.07 Å². The lowest BCUT2D eigenvalue weighted by Crippen LogP contribution is -2.26. The fourth-order valence-corrected chi connectivity index (χ4v) is 2.59. The third-order valence-corrected chi connectivity index (χ3v) is 3.46. The van der Waals surface area contributed by atoms with Crippen LogP contribution in [0.4, 0.5) is 11.4 Å². The second-order valence-corrected chi connectivity index (χ2v) is 4.85. The van der Waals surface area contributed by atoms with Gasteiger partial charge in [0.05, 0.1) is 17.8 Å². The highest BCUT2D eigenvalue weighted by atomic mass is 16.4. The van der Waals surface area contributed by atoms with Gasteiger partial charge in [0.2, 0.25) is 0 Å². The third kappa shape index (κ3) is 2.58. The second kappa shape index (κ2) is 5.29. The summed E-state index contributed by atoms with van der Waals surface area (Å²) in [6, 6.07) is 6.24. The molecule has 1 N–H and O–H groups in total. The van der Waals surface area contributed by atoms with Crippen LogP contribution in [0, 0.1) is 6.92 Å². The monoisotopic (exact) mass is 248 g/mol. The molecule has 4 heteroatoms. The number of carboxylic acids is 1. The lowest BCUT2D eigenvalue weighted by molar-refractivity contribution is -0.136. The zero-order valence-corrected chi connectivity index (χ0v) is 11.0. The van der Waals surface area contributed by atoms with Crippen LogP contribution >= 0.6 is 0 Å². The topological polar surface area (TPSA) is 43.8 Å². The maximum absolute atomic E-state index is 10.7. The molecule has 0 aliphatic carbocycles. The van der Waals surface area contributed by atoms with Crippen molar-refractivity contribution in [3.8, 4) is 0 Å². The van der Waals surface area contributed by atoms with Crippen LogP contribution in [0.2, 0.25) is 0 Å². The first kappa shape index (κ1) is 12.7. The van der Waals surface area contributed by atoms with E-state index < -0.39 is 5.97 Å². The summed E-state index contributed by atoms with van der Waals surface area (Å²) in [6.07, 6.45) is 1.25. The van der Waals surface area contributed by atoms with Crippen LogP contribution in [0.25, 0.3) is 0 Å². The van der Waals surface area contributed by atoms with Crippen molar-refractivity contribution >= 4 is 17.3 Å². The first-order valence-corrected chi connectivity index (χ1v) is 6.37. The van der Waals surface area contributed by atoms with Crippen molar-refractivity contribution in [2.24, 2.45) is 0 Å². The molecule has 1 aromatic carbocycles. The maximum atomic E-state index is 10.7. The van der Waals surface area contributed by atoms with Gasteiger partial charge in [0, 0.05) is 26.7 Å². The summed E-state index contributed by atoms with van der Waals surface area (Å²) in [5.41, 5.74) is 3.65. The van der Waals surface area contributed by atoms with Gasteiger partial charge in [-0.05, 0) is 25.0 Å². The molecule has 0 saturated carbocycles. The Morgan fingerprint density at radius 2 is 2.17 bits per heavy atom. The van der Waals surface area contributed by atoms with E-state index in [0.717, 1.165) is 25.2 Å². The van der Waals surface area contributed by atoms with Gasteiger partial charge in [-0.25, -0.2) is 0 Å². The van der Waals surface area contributed by atoms with E-state index in [4.69, 9.17) is 5.11 Å². The summed E-state index contributed by atoms with van der Waals surface area (Å²) in [6.45, 7) is 4.63. The van der Waals surface area contributed by atoms with Gasteiger partial charge in [-0.3, -0.25) is 4.79 Å². The summed E-state index contributed by atoms with van der Waals surface area (Å²) < 4.78 is 0. The Balaban J connectivity index is 2.31. The summed E-state index contributed by atoms with van der Waals surface area (Å²) in [5, 5.41) is 8.83. The number of rotatable bonds is 3. The van der Waals surface area contributed by atoms with Crippen LogP contribution in [-0.2, 0) is 4.79 Å². The minimum absolute atomic E-state index is 0.192. The average Bonchev–Trinajstić information content (AvgIpc) is 2.47. The number of nitrogens with zero attached hydrogens (tertiary/aromatic N) is 2. The van der Waals surface area contributed by atoms with Gasteiger partial charge in [-0.1, -0.05) is 12.1 Å². The molecule has 4 nitrogen and oxygen atoms in total. The number of hydrogen-bond donors (Lipinski definition) is 1. The highest BCUT2D eigenvalue weighted by Gasteiger charge is 2.19. The number of carbonyl (C=O) groups is 1. The first-order chi connectivity index (χ1) is 8.59. The second-order valence-electron chi connectivity index (χ2n) is 4.85. The van der Waals surface area contributed by atoms with Crippen molar-refractivity contribution in [1.29, 1.82) is 0 Å². The van der Waals surface area contributed by atoms with Crippen LogP contribution in [0.15, 0.2) is 18.2 Å². The number of para-hydroxylation sites is 1. The Hall–Kier alpha value is -1.71. The molecule has 1 heterocycles. The zero-order chi connectivity index (χ0) is 13.1. The lowest BCUT2D eigenvalue weighted by atomic mass is 10.1. The number of aliphatic carboxylic acids is 1. The van der Waals surface area contributed by atoms with E-state index in [0.29, 0.717) is 6.54 Å². The Morgan fingerprint density at radius 1 is 1.39 bits per heavy atom. The molecule has 0 unspecified atom stereocenters. The van der Waals surface area contributed by atoms with Crippen molar-refractivity contribution in [3.63, 3.8) is 0 Å². The molecular weight excluding hydrogens is 228 g/mol. The molecule has 0 aromatic heterocycles. The van der Waals surface area contributed by atoms with Gasteiger partial charge < -0.3 is 14.9 Å². The number of hydrogen-bond acceptors (Lipinski definition) is 3. The predicted molar refractivity (Wildman–Crippen MR) is 73.5 cm³/mol. The molecule has 0 atom stereocenters. The van der Waals surface area contributed by atoms with E-state index >= 15 is 0 Å². The molecule has 1 aromatic rings. The number of anilines is 2. The van der Waals surface area contributed by atoms with Gasteiger partial charge >= 0.3 is 5.97 Å². The highest BCUT2D eigenvalue weighted by molar-refractivity contribution is 5.76. The smallest absolute Gasteiger partial charge is 0.305 e. The van der Waals surface area contributed by atoms with Crippen LogP contribution < -0.4 is 9.80 Å². The third-order valence-electron chi connectivity index (χ3n) is 3.46. The number of carboxylic acid groups (broad SMARTS) is 1. The molecular formula is C14H20N2O2. The van der Waals surface area contributed by atoms with E-state index in [2.05, 4.69) is 35.9 Å². The van der Waals surface area contributed by atoms with Gasteiger partial charge in [0.25, 0.3) is 0 Å². The molecule has 1 aliphatic heterocycles. The van der Waals surface area contributed by atoms with Crippen molar-refractivity contribution in [3.05, 3.63) is 23.8 Å². The van der Waals surface area contributed by atoms with Crippen molar-refractivity contribution in [2.75, 3.05) is 36.5 Å². The Bertz CT molecular complexity index is 445. The minimum Gasteiger partial charge on any atom is -0.481 e. The summed E-state index contributed by atoms with van der Waals surface area (Å²) in [7, 11) is 2.10. The SMILES string of the molecule is Cc1cccc2c1N(C)CCCN2CCC(=O)O. The standard InChI is InChI=1S/C14H20N2O2/c1-11-5-3-6-12-14(11)15(2)8-4-9-16(12)10-7-13(17)18/h3,5-6H,4,7-10H2,1-2H3,(H,17,18). The Kier molecular flexibility index (Phi) is 3.75. The maximum Gasteiger partial charge on any atom is 0.305 e. The molecule has 1 aliphatic rings. The molecule has 0 fully saturated rings. The van der Waals surface area contributed by atoms with Crippen LogP contribution in [0.3, 0.4) is 0 Å². The highest BCUT2D eigenvalue weighted by Crippen LogP contribution is 2.34. The van der Waals surface area contributed by atoms with E-state index in [1.54, 1.807) is 0 Å². The Morgan fingerprint density at radius 3 is 2.89 bits per heavy atom. The van der Waals surface area contributed by atoms with Crippen molar-refractivity contribution in [2.45, 2.75) is 19.8 Å². The van der Waals surface area contributed by atoms with E-state index in [1.165, 1.54) is 11.3 Å². The molecule has 0 radical (unpaired) electrons. The predicted octanol–water partition coefficient (Wildman–Crippen LogP) is 2.12. The van der Waals surface area contributed by atoms with E-state index in [-0.39, 0.29) is 6.42 Å². The number of benzene rings is 1. The van der Waals surface area contributed by atoms with Crippen LogP contribution in [-0.4, -0.2) is 37.8 Å². The van der Waals surface area contributed by atoms with Crippen molar-refractivity contribution in [1.82, 2.24) is 0 Å². The number of aryl methyl sites for hydroxylation is 1. The summed E-state index contributed by atoms with van der Waals surface area (Å²) in [4.78, 5) is 15.2. The fraction of sp³-hybridized carbons (Fsp3) is 0.500. The molecule has 0 saturated heterocycles. The van der Waals surface area contributed by atoms with Crippen molar-refractivity contribution < 1.29 is 9.90 Å². The molecule has 18 heavy (non-hydrogen) atoms. The van der Waals surface area contributed by atoms with Gasteiger partial charge in [-0.15, -0.1) is 0 Å². The van der Waals surface area contributed by atoms with Gasteiger partial charge in [-0.2, -0.15) is 0 Å². The first-order valence-electron chi connectivity index (χ1n) is 6.37.